The summed E-state index contributed by atoms with van der Waals surface area (Å²) in [6.07, 6.45) is 1.12. The molecule has 0 spiro atoms. The minimum atomic E-state index is -3.88. The highest BCUT2D eigenvalue weighted by Crippen LogP contribution is 2.13. The molecule has 0 radical (unpaired) electrons. The van der Waals surface area contributed by atoms with E-state index in [4.69, 9.17) is 9.47 Å². The highest BCUT2D eigenvalue weighted by molar-refractivity contribution is 7.98. The van der Waals surface area contributed by atoms with E-state index in [1.54, 1.807) is 23.1 Å². The Kier molecular flexibility index (Phi) is 8.74. The maximum Gasteiger partial charge on any atom is 0.324 e. The van der Waals surface area contributed by atoms with E-state index in [2.05, 4.69) is 4.72 Å². The SMILES string of the molecule is CSCCC(NS(=O)(=O)c1ccccc1)C(=O)OC(C)C(=O)N1CCOCC1. The quantitative estimate of drug-likeness (QED) is 0.580. The van der Waals surface area contributed by atoms with Gasteiger partial charge in [-0.2, -0.15) is 16.5 Å². The molecule has 0 aromatic heterocycles. The van der Waals surface area contributed by atoms with Crippen LogP contribution in [0.25, 0.3) is 0 Å². The number of hydrogen-bond donors (Lipinski definition) is 1. The van der Waals surface area contributed by atoms with E-state index in [0.29, 0.717) is 32.1 Å². The molecule has 28 heavy (non-hydrogen) atoms. The second-order valence-corrected chi connectivity index (χ2v) is 8.98. The van der Waals surface area contributed by atoms with Crippen LogP contribution in [0.2, 0.25) is 0 Å². The number of benzene rings is 1. The molecule has 1 aromatic rings. The van der Waals surface area contributed by atoms with Crippen LogP contribution in [0.5, 0.6) is 0 Å². The van der Waals surface area contributed by atoms with Gasteiger partial charge in [-0.3, -0.25) is 9.59 Å². The predicted octanol–water partition coefficient (Wildman–Crippen LogP) is 0.877. The Balaban J connectivity index is 2.04. The zero-order chi connectivity index (χ0) is 20.6. The standard InChI is InChI=1S/C18H26N2O6S2/c1-14(17(21)20-9-11-25-12-10-20)26-18(22)16(8-13-27-2)19-28(23,24)15-6-4-3-5-7-15/h3-7,14,16,19H,8-13H2,1-2H3. The van der Waals surface area contributed by atoms with Gasteiger partial charge in [-0.1, -0.05) is 18.2 Å². The van der Waals surface area contributed by atoms with Crippen molar-refractivity contribution in [2.75, 3.05) is 38.3 Å². The molecule has 2 atom stereocenters. The molecule has 2 unspecified atom stereocenters. The summed E-state index contributed by atoms with van der Waals surface area (Å²) in [4.78, 5) is 26.7. The number of hydrogen-bond acceptors (Lipinski definition) is 7. The van der Waals surface area contributed by atoms with Crippen LogP contribution < -0.4 is 4.72 Å². The van der Waals surface area contributed by atoms with Gasteiger partial charge in [0.25, 0.3) is 5.91 Å². The first-order valence-corrected chi connectivity index (χ1v) is 11.9. The summed E-state index contributed by atoms with van der Waals surface area (Å²) in [5.41, 5.74) is 0. The van der Waals surface area contributed by atoms with Crippen molar-refractivity contribution < 1.29 is 27.5 Å². The molecule has 1 aliphatic rings. The molecule has 1 fully saturated rings. The Labute approximate surface area is 170 Å². The van der Waals surface area contributed by atoms with Crippen LogP contribution in [-0.2, 0) is 29.1 Å². The maximum atomic E-state index is 12.6. The fourth-order valence-electron chi connectivity index (χ4n) is 2.66. The number of ether oxygens (including phenoxy) is 2. The molecule has 10 heteroatoms. The third-order valence-corrected chi connectivity index (χ3v) is 6.34. The second-order valence-electron chi connectivity index (χ2n) is 6.29. The van der Waals surface area contributed by atoms with Crippen LogP contribution in [0.1, 0.15) is 13.3 Å². The summed E-state index contributed by atoms with van der Waals surface area (Å²) >= 11 is 1.49. The zero-order valence-electron chi connectivity index (χ0n) is 16.0. The van der Waals surface area contributed by atoms with Crippen molar-refractivity contribution in [2.45, 2.75) is 30.4 Å². The van der Waals surface area contributed by atoms with Gasteiger partial charge in [-0.05, 0) is 37.5 Å². The van der Waals surface area contributed by atoms with Crippen molar-refractivity contribution in [3.8, 4) is 0 Å². The van der Waals surface area contributed by atoms with Gasteiger partial charge in [0.15, 0.2) is 6.10 Å². The first kappa shape index (κ1) is 22.7. The van der Waals surface area contributed by atoms with Crippen molar-refractivity contribution in [3.05, 3.63) is 30.3 Å². The van der Waals surface area contributed by atoms with E-state index in [0.717, 1.165) is 0 Å². The van der Waals surface area contributed by atoms with Crippen LogP contribution in [0.3, 0.4) is 0 Å². The molecule has 1 amide bonds. The van der Waals surface area contributed by atoms with E-state index < -0.39 is 28.1 Å². The van der Waals surface area contributed by atoms with Crippen molar-refractivity contribution in [2.24, 2.45) is 0 Å². The monoisotopic (exact) mass is 430 g/mol. The molecular formula is C18H26N2O6S2. The number of nitrogens with one attached hydrogen (secondary N) is 1. The number of morpholine rings is 1. The second kappa shape index (κ2) is 10.8. The Morgan fingerprint density at radius 3 is 2.50 bits per heavy atom. The number of sulfonamides is 1. The molecule has 0 bridgehead atoms. The van der Waals surface area contributed by atoms with E-state index in [9.17, 15) is 18.0 Å². The Bertz CT molecular complexity index is 751. The summed E-state index contributed by atoms with van der Waals surface area (Å²) in [6, 6.07) is 6.74. The first-order chi connectivity index (χ1) is 13.3. The third kappa shape index (κ3) is 6.47. The Morgan fingerprint density at radius 2 is 1.89 bits per heavy atom. The average Bonchev–Trinajstić information content (AvgIpc) is 2.71. The average molecular weight is 431 g/mol. The van der Waals surface area contributed by atoms with Gasteiger partial charge >= 0.3 is 5.97 Å². The van der Waals surface area contributed by atoms with E-state index in [-0.39, 0.29) is 17.2 Å². The smallest absolute Gasteiger partial charge is 0.324 e. The van der Waals surface area contributed by atoms with E-state index in [1.807, 2.05) is 6.26 Å². The number of amides is 1. The molecule has 0 saturated carbocycles. The zero-order valence-corrected chi connectivity index (χ0v) is 17.6. The van der Waals surface area contributed by atoms with Gasteiger partial charge in [-0.25, -0.2) is 8.42 Å². The molecule has 1 saturated heterocycles. The van der Waals surface area contributed by atoms with E-state index in [1.165, 1.54) is 30.8 Å². The summed E-state index contributed by atoms with van der Waals surface area (Å²) in [6.45, 7) is 3.26. The van der Waals surface area contributed by atoms with Gasteiger partial charge in [0.2, 0.25) is 10.0 Å². The van der Waals surface area contributed by atoms with Crippen LogP contribution in [-0.4, -0.2) is 75.7 Å². The molecule has 8 nitrogen and oxygen atoms in total. The summed E-state index contributed by atoms with van der Waals surface area (Å²) in [5.74, 6) is -0.517. The van der Waals surface area contributed by atoms with E-state index >= 15 is 0 Å². The van der Waals surface area contributed by atoms with Crippen LogP contribution in [0.4, 0.5) is 0 Å². The summed E-state index contributed by atoms with van der Waals surface area (Å²) < 4.78 is 38.0. The number of carbonyl (C=O) groups is 2. The Hall–Kier alpha value is -1.62. The molecule has 0 aliphatic carbocycles. The Morgan fingerprint density at radius 1 is 1.25 bits per heavy atom. The van der Waals surface area contributed by atoms with Gasteiger partial charge in [0, 0.05) is 13.1 Å². The number of nitrogens with zero attached hydrogens (tertiary/aromatic N) is 1. The molecular weight excluding hydrogens is 404 g/mol. The lowest BCUT2D eigenvalue weighted by molar-refractivity contribution is -0.162. The van der Waals surface area contributed by atoms with Gasteiger partial charge in [-0.15, -0.1) is 0 Å². The minimum Gasteiger partial charge on any atom is -0.451 e. The van der Waals surface area contributed by atoms with Crippen molar-refractivity contribution in [1.82, 2.24) is 9.62 Å². The normalized spacial score (nSPS) is 17.0. The van der Waals surface area contributed by atoms with Crippen molar-refractivity contribution in [3.63, 3.8) is 0 Å². The number of carbonyl (C=O) groups excluding carboxylic acids is 2. The lowest BCUT2D eigenvalue weighted by atomic mass is 10.2. The molecule has 1 heterocycles. The van der Waals surface area contributed by atoms with Crippen LogP contribution >= 0.6 is 11.8 Å². The molecule has 1 aliphatic heterocycles. The van der Waals surface area contributed by atoms with Gasteiger partial charge in [0.1, 0.15) is 6.04 Å². The largest absolute Gasteiger partial charge is 0.451 e. The van der Waals surface area contributed by atoms with Crippen molar-refractivity contribution in [1.29, 1.82) is 0 Å². The lowest BCUT2D eigenvalue weighted by Gasteiger charge is -2.29. The number of rotatable bonds is 9. The highest BCUT2D eigenvalue weighted by atomic mass is 32.2. The molecule has 1 aromatic carbocycles. The molecule has 1 N–H and O–H groups in total. The van der Waals surface area contributed by atoms with Crippen LogP contribution in [0.15, 0.2) is 35.2 Å². The predicted molar refractivity (Wildman–Crippen MR) is 107 cm³/mol. The fraction of sp³-hybridized carbons (Fsp3) is 0.556. The molecule has 2 rings (SSSR count). The van der Waals surface area contributed by atoms with Crippen LogP contribution in [0, 0.1) is 0 Å². The fourth-order valence-corrected chi connectivity index (χ4v) is 4.37. The number of thioether (sulfide) groups is 1. The molecule has 156 valence electrons. The highest BCUT2D eigenvalue weighted by Gasteiger charge is 2.31. The lowest BCUT2D eigenvalue weighted by Crippen LogP contribution is -2.48. The summed E-state index contributed by atoms with van der Waals surface area (Å²) in [7, 11) is -3.88. The first-order valence-electron chi connectivity index (χ1n) is 8.98. The topological polar surface area (TPSA) is 102 Å². The minimum absolute atomic E-state index is 0.0643. The summed E-state index contributed by atoms with van der Waals surface area (Å²) in [5, 5.41) is 0. The maximum absolute atomic E-state index is 12.6. The number of esters is 1. The third-order valence-electron chi connectivity index (χ3n) is 4.21. The van der Waals surface area contributed by atoms with Gasteiger partial charge in [0.05, 0.1) is 18.1 Å². The van der Waals surface area contributed by atoms with Gasteiger partial charge < -0.3 is 14.4 Å². The van der Waals surface area contributed by atoms with Crippen molar-refractivity contribution >= 4 is 33.7 Å².